The SMILES string of the molecule is Cc1ccccc1NC(=O)[C@@H]1CCCN1C(=O)Nc1ccccc1F. The van der Waals surface area contributed by atoms with Gasteiger partial charge in [0.2, 0.25) is 5.91 Å². The highest BCUT2D eigenvalue weighted by Gasteiger charge is 2.34. The molecular weight excluding hydrogens is 321 g/mol. The lowest BCUT2D eigenvalue weighted by atomic mass is 10.1. The molecule has 3 amide bonds. The van der Waals surface area contributed by atoms with Gasteiger partial charge in [-0.1, -0.05) is 30.3 Å². The molecule has 0 unspecified atom stereocenters. The molecule has 5 nitrogen and oxygen atoms in total. The first-order chi connectivity index (χ1) is 12.1. The fourth-order valence-corrected chi connectivity index (χ4v) is 2.96. The van der Waals surface area contributed by atoms with E-state index in [9.17, 15) is 14.0 Å². The molecule has 0 radical (unpaired) electrons. The highest BCUT2D eigenvalue weighted by molar-refractivity contribution is 6.00. The van der Waals surface area contributed by atoms with Gasteiger partial charge >= 0.3 is 6.03 Å². The molecule has 2 aromatic rings. The fraction of sp³-hybridized carbons (Fsp3) is 0.263. The van der Waals surface area contributed by atoms with Crippen LogP contribution in [0.2, 0.25) is 0 Å². The number of anilines is 2. The molecule has 0 aliphatic carbocycles. The van der Waals surface area contributed by atoms with Crippen LogP contribution in [0.25, 0.3) is 0 Å². The van der Waals surface area contributed by atoms with Gasteiger partial charge in [-0.2, -0.15) is 0 Å². The minimum Gasteiger partial charge on any atom is -0.324 e. The highest BCUT2D eigenvalue weighted by Crippen LogP contribution is 2.22. The summed E-state index contributed by atoms with van der Waals surface area (Å²) in [5.41, 5.74) is 1.79. The molecule has 1 heterocycles. The van der Waals surface area contributed by atoms with Crippen molar-refractivity contribution in [3.63, 3.8) is 0 Å². The highest BCUT2D eigenvalue weighted by atomic mass is 19.1. The summed E-state index contributed by atoms with van der Waals surface area (Å²) >= 11 is 0. The average molecular weight is 341 g/mol. The Morgan fingerprint density at radius 2 is 1.72 bits per heavy atom. The van der Waals surface area contributed by atoms with Crippen LogP contribution in [-0.2, 0) is 4.79 Å². The Labute approximate surface area is 145 Å². The maximum atomic E-state index is 13.7. The van der Waals surface area contributed by atoms with Gasteiger partial charge in [-0.25, -0.2) is 9.18 Å². The zero-order valence-corrected chi connectivity index (χ0v) is 14.0. The number of likely N-dealkylation sites (tertiary alicyclic amines) is 1. The molecule has 1 aliphatic rings. The predicted octanol–water partition coefficient (Wildman–Crippen LogP) is 3.77. The second kappa shape index (κ2) is 7.34. The van der Waals surface area contributed by atoms with Crippen molar-refractivity contribution in [1.29, 1.82) is 0 Å². The van der Waals surface area contributed by atoms with Crippen molar-refractivity contribution < 1.29 is 14.0 Å². The van der Waals surface area contributed by atoms with Gasteiger partial charge in [0, 0.05) is 12.2 Å². The van der Waals surface area contributed by atoms with Crippen molar-refractivity contribution >= 4 is 23.3 Å². The predicted molar refractivity (Wildman–Crippen MR) is 95.0 cm³/mol. The molecule has 0 saturated carbocycles. The smallest absolute Gasteiger partial charge is 0.322 e. The molecule has 130 valence electrons. The number of rotatable bonds is 3. The quantitative estimate of drug-likeness (QED) is 0.893. The normalized spacial score (nSPS) is 16.6. The molecule has 1 atom stereocenters. The van der Waals surface area contributed by atoms with Crippen LogP contribution < -0.4 is 10.6 Å². The van der Waals surface area contributed by atoms with Crippen molar-refractivity contribution in [1.82, 2.24) is 4.90 Å². The minimum atomic E-state index is -0.564. The largest absolute Gasteiger partial charge is 0.324 e. The second-order valence-corrected chi connectivity index (χ2v) is 6.07. The number of hydrogen-bond donors (Lipinski definition) is 2. The standard InChI is InChI=1S/C19H20FN3O2/c1-13-7-2-4-9-15(13)21-18(24)17-11-6-12-23(17)19(25)22-16-10-5-3-8-14(16)20/h2-5,7-10,17H,6,11-12H2,1H3,(H,21,24)(H,22,25)/t17-/m0/s1. The van der Waals surface area contributed by atoms with Crippen molar-refractivity contribution in [2.24, 2.45) is 0 Å². The first-order valence-electron chi connectivity index (χ1n) is 8.25. The molecular formula is C19H20FN3O2. The summed E-state index contributed by atoms with van der Waals surface area (Å²) in [5, 5.41) is 5.42. The lowest BCUT2D eigenvalue weighted by Crippen LogP contribution is -2.45. The van der Waals surface area contributed by atoms with Crippen molar-refractivity contribution in [3.8, 4) is 0 Å². The molecule has 1 fully saturated rings. The molecule has 2 N–H and O–H groups in total. The van der Waals surface area contributed by atoms with Gasteiger partial charge in [-0.15, -0.1) is 0 Å². The van der Waals surface area contributed by atoms with Crippen molar-refractivity contribution in [2.75, 3.05) is 17.2 Å². The van der Waals surface area contributed by atoms with Gasteiger partial charge in [0.05, 0.1) is 5.69 Å². The van der Waals surface area contributed by atoms with E-state index in [4.69, 9.17) is 0 Å². The molecule has 0 spiro atoms. The van der Waals surface area contributed by atoms with Crippen LogP contribution in [0, 0.1) is 12.7 Å². The Kier molecular flexibility index (Phi) is 4.97. The molecule has 6 heteroatoms. The topological polar surface area (TPSA) is 61.4 Å². The minimum absolute atomic E-state index is 0.109. The van der Waals surface area contributed by atoms with Crippen molar-refractivity contribution in [3.05, 3.63) is 59.9 Å². The molecule has 1 aliphatic heterocycles. The summed E-state index contributed by atoms with van der Waals surface area (Å²) < 4.78 is 13.7. The van der Waals surface area contributed by atoms with Gasteiger partial charge in [0.15, 0.2) is 0 Å². The van der Waals surface area contributed by atoms with E-state index in [0.717, 1.165) is 17.7 Å². The first kappa shape index (κ1) is 17.0. The molecule has 2 aromatic carbocycles. The van der Waals surface area contributed by atoms with Gasteiger partial charge < -0.3 is 15.5 Å². The second-order valence-electron chi connectivity index (χ2n) is 6.07. The third-order valence-electron chi connectivity index (χ3n) is 4.33. The summed E-state index contributed by atoms with van der Waals surface area (Å²) in [6, 6.07) is 12.4. The summed E-state index contributed by atoms with van der Waals surface area (Å²) in [5.74, 6) is -0.730. The first-order valence-corrected chi connectivity index (χ1v) is 8.25. The van der Waals surface area contributed by atoms with E-state index in [2.05, 4.69) is 10.6 Å². The van der Waals surface area contributed by atoms with E-state index >= 15 is 0 Å². The summed E-state index contributed by atoms with van der Waals surface area (Å²) in [7, 11) is 0. The lowest BCUT2D eigenvalue weighted by molar-refractivity contribution is -0.119. The zero-order valence-electron chi connectivity index (χ0n) is 14.0. The summed E-state index contributed by atoms with van der Waals surface area (Å²) in [6.45, 7) is 2.37. The molecule has 1 saturated heterocycles. The van der Waals surface area contributed by atoms with E-state index in [1.54, 1.807) is 12.1 Å². The molecule has 25 heavy (non-hydrogen) atoms. The van der Waals surface area contributed by atoms with E-state index in [-0.39, 0.29) is 11.6 Å². The van der Waals surface area contributed by atoms with Crippen LogP contribution in [0.5, 0.6) is 0 Å². The van der Waals surface area contributed by atoms with Gasteiger partial charge in [-0.3, -0.25) is 4.79 Å². The monoisotopic (exact) mass is 341 g/mol. The maximum Gasteiger partial charge on any atom is 0.322 e. The van der Waals surface area contributed by atoms with E-state index in [1.165, 1.54) is 17.0 Å². The number of benzene rings is 2. The third-order valence-corrected chi connectivity index (χ3v) is 4.33. The van der Waals surface area contributed by atoms with Crippen LogP contribution in [0.4, 0.5) is 20.6 Å². The van der Waals surface area contributed by atoms with Gasteiger partial charge in [-0.05, 0) is 43.5 Å². The number of urea groups is 1. The third kappa shape index (κ3) is 3.79. The van der Waals surface area contributed by atoms with Crippen LogP contribution in [0.15, 0.2) is 48.5 Å². The number of hydrogen-bond acceptors (Lipinski definition) is 2. The number of carbonyl (C=O) groups excluding carboxylic acids is 2. The number of para-hydroxylation sites is 2. The van der Waals surface area contributed by atoms with Crippen molar-refractivity contribution in [2.45, 2.75) is 25.8 Å². The molecule has 0 bridgehead atoms. The van der Waals surface area contributed by atoms with Gasteiger partial charge in [0.1, 0.15) is 11.9 Å². The Bertz CT molecular complexity index is 728. The van der Waals surface area contributed by atoms with E-state index < -0.39 is 17.9 Å². The van der Waals surface area contributed by atoms with Crippen LogP contribution in [0.3, 0.4) is 0 Å². The zero-order chi connectivity index (χ0) is 17.8. The van der Waals surface area contributed by atoms with Crippen LogP contribution in [0.1, 0.15) is 18.4 Å². The van der Waals surface area contributed by atoms with Crippen LogP contribution >= 0.6 is 0 Å². The Hall–Kier alpha value is -2.89. The van der Waals surface area contributed by atoms with E-state index in [1.807, 2.05) is 31.2 Å². The summed E-state index contributed by atoms with van der Waals surface area (Å²) in [6.07, 6.45) is 1.32. The number of nitrogens with zero attached hydrogens (tertiary/aromatic N) is 1. The number of amides is 3. The Balaban J connectivity index is 1.69. The fourth-order valence-electron chi connectivity index (χ4n) is 2.96. The van der Waals surface area contributed by atoms with E-state index in [0.29, 0.717) is 13.0 Å². The number of halogens is 1. The number of nitrogens with one attached hydrogen (secondary N) is 2. The Morgan fingerprint density at radius 3 is 2.44 bits per heavy atom. The summed E-state index contributed by atoms with van der Waals surface area (Å²) in [4.78, 5) is 26.5. The number of carbonyl (C=O) groups is 2. The molecule has 0 aromatic heterocycles. The average Bonchev–Trinajstić information content (AvgIpc) is 3.09. The number of aryl methyl sites for hydroxylation is 1. The van der Waals surface area contributed by atoms with Crippen LogP contribution in [-0.4, -0.2) is 29.4 Å². The van der Waals surface area contributed by atoms with Gasteiger partial charge in [0.25, 0.3) is 0 Å². The Morgan fingerprint density at radius 1 is 1.04 bits per heavy atom. The molecule has 3 rings (SSSR count). The lowest BCUT2D eigenvalue weighted by Gasteiger charge is -2.24. The maximum absolute atomic E-state index is 13.7.